The molecule has 5 nitrogen and oxygen atoms in total. The van der Waals surface area contributed by atoms with Gasteiger partial charge in [0.05, 0.1) is 16.6 Å². The first-order valence-electron chi connectivity index (χ1n) is 21.2. The van der Waals surface area contributed by atoms with Crippen molar-refractivity contribution in [3.8, 4) is 39.9 Å². The molecular weight excluding hydrogens is 789 g/mol. The largest absolute Gasteiger partial charge is 0.455 e. The number of aromatic nitrogens is 4. The number of para-hydroxylation sites is 2. The van der Waals surface area contributed by atoms with Crippen molar-refractivity contribution < 1.29 is 4.42 Å². The number of thiophene rings is 1. The van der Waals surface area contributed by atoms with Gasteiger partial charge in [0.25, 0.3) is 0 Å². The van der Waals surface area contributed by atoms with Crippen molar-refractivity contribution in [3.63, 3.8) is 0 Å². The Bertz CT molecular complexity index is 4230. The summed E-state index contributed by atoms with van der Waals surface area (Å²) in [5.41, 5.74) is 7.71. The lowest BCUT2D eigenvalue weighted by Crippen LogP contribution is -2.00. The number of rotatable bonds is 4. The van der Waals surface area contributed by atoms with E-state index in [-0.39, 0.29) is 0 Å². The summed E-state index contributed by atoms with van der Waals surface area (Å²) in [6.07, 6.45) is 0. The summed E-state index contributed by atoms with van der Waals surface area (Å²) in [7, 11) is 0. The minimum Gasteiger partial charge on any atom is -0.455 e. The topological polar surface area (TPSA) is 56.7 Å². The van der Waals surface area contributed by atoms with Gasteiger partial charge in [0, 0.05) is 58.5 Å². The summed E-state index contributed by atoms with van der Waals surface area (Å²) in [4.78, 5) is 15.8. The highest BCUT2D eigenvalue weighted by Gasteiger charge is 2.21. The van der Waals surface area contributed by atoms with Crippen LogP contribution in [0.15, 0.2) is 199 Å². The summed E-state index contributed by atoms with van der Waals surface area (Å²) in [5.74, 6) is 1.79. The predicted octanol–water partition coefficient (Wildman–Crippen LogP) is 15.7. The van der Waals surface area contributed by atoms with Crippen LogP contribution in [0, 0.1) is 0 Å². The molecule has 4 aromatic heterocycles. The second-order valence-corrected chi connectivity index (χ2v) is 17.4. The normalized spacial score (nSPS) is 12.1. The van der Waals surface area contributed by atoms with Gasteiger partial charge in [-0.2, -0.15) is 0 Å². The third-order valence-electron chi connectivity index (χ3n) is 12.8. The Kier molecular flexibility index (Phi) is 7.21. The SMILES string of the molecule is c1ccc2cc3c(cc2c1)c1ccccc1n3-c1ccc2ccc3oc4c(-c5nc(-c6ccc7sc8ccccc8c7c6)nc(-c6cccc7ccccc67)n5)cccc4c3c2c1. The maximum absolute atomic E-state index is 6.92. The van der Waals surface area contributed by atoms with Gasteiger partial charge in [0.1, 0.15) is 11.2 Å². The van der Waals surface area contributed by atoms with Crippen LogP contribution in [-0.4, -0.2) is 19.5 Å². The molecule has 14 aromatic rings. The predicted molar refractivity (Wildman–Crippen MR) is 263 cm³/mol. The van der Waals surface area contributed by atoms with Gasteiger partial charge in [-0.15, -0.1) is 11.3 Å². The molecule has 0 spiro atoms. The number of hydrogen-bond acceptors (Lipinski definition) is 5. The molecule has 0 bridgehead atoms. The van der Waals surface area contributed by atoms with E-state index in [0.717, 1.165) is 65.9 Å². The molecule has 10 aromatic carbocycles. The van der Waals surface area contributed by atoms with Crippen LogP contribution in [0.25, 0.3) is 136 Å². The van der Waals surface area contributed by atoms with Crippen LogP contribution in [0.3, 0.4) is 0 Å². The standard InChI is InChI=1S/C57H32N4OS/c1-2-13-36-31-49-46(29-35(36)12-1)40-16-5-7-21-48(40)61(49)38-26-23-34-24-27-50-53(45(34)32-38)43-19-10-20-44(54(43)62-50)57-59-55(37-25-28-52-47(30-37)41-17-6-8-22-51(41)63-52)58-56(60-57)42-18-9-14-33-11-3-4-15-39(33)42/h1-32H. The Hall–Kier alpha value is -8.19. The summed E-state index contributed by atoms with van der Waals surface area (Å²) in [6.45, 7) is 0. The zero-order chi connectivity index (χ0) is 41.2. The van der Waals surface area contributed by atoms with Crippen LogP contribution in [-0.2, 0) is 0 Å². The lowest BCUT2D eigenvalue weighted by atomic mass is 10.0. The minimum absolute atomic E-state index is 0.561. The maximum Gasteiger partial charge on any atom is 0.167 e. The van der Waals surface area contributed by atoms with E-state index in [1.807, 2.05) is 0 Å². The van der Waals surface area contributed by atoms with Crippen LogP contribution in [0.2, 0.25) is 0 Å². The molecule has 4 heterocycles. The van der Waals surface area contributed by atoms with Gasteiger partial charge in [-0.25, -0.2) is 15.0 Å². The second-order valence-electron chi connectivity index (χ2n) is 16.3. The molecule has 0 radical (unpaired) electrons. The molecule has 0 aliphatic rings. The summed E-state index contributed by atoms with van der Waals surface area (Å²) < 4.78 is 11.8. The molecule has 0 fully saturated rings. The quantitative estimate of drug-likeness (QED) is 0.177. The molecule has 0 N–H and O–H groups in total. The zero-order valence-electron chi connectivity index (χ0n) is 33.6. The summed E-state index contributed by atoms with van der Waals surface area (Å²) >= 11 is 1.81. The summed E-state index contributed by atoms with van der Waals surface area (Å²) in [6, 6.07) is 69.2. The molecule has 0 saturated carbocycles. The van der Waals surface area contributed by atoms with Gasteiger partial charge in [0.15, 0.2) is 17.5 Å². The summed E-state index contributed by atoms with van der Waals surface area (Å²) in [5, 5.41) is 13.9. The van der Waals surface area contributed by atoms with E-state index in [0.29, 0.717) is 17.5 Å². The van der Waals surface area contributed by atoms with Crippen LogP contribution in [0.5, 0.6) is 0 Å². The maximum atomic E-state index is 6.92. The van der Waals surface area contributed by atoms with Gasteiger partial charge in [-0.3, -0.25) is 0 Å². The van der Waals surface area contributed by atoms with Crippen LogP contribution in [0.4, 0.5) is 0 Å². The fraction of sp³-hybridized carbons (Fsp3) is 0. The highest BCUT2D eigenvalue weighted by atomic mass is 32.1. The number of furan rings is 1. The lowest BCUT2D eigenvalue weighted by Gasteiger charge is -2.11. The molecule has 0 aliphatic carbocycles. The molecule has 292 valence electrons. The van der Waals surface area contributed by atoms with Crippen molar-refractivity contribution in [1.82, 2.24) is 19.5 Å². The van der Waals surface area contributed by atoms with Crippen molar-refractivity contribution in [2.45, 2.75) is 0 Å². The fourth-order valence-electron chi connectivity index (χ4n) is 9.88. The second kappa shape index (κ2) is 13.2. The average molecular weight is 821 g/mol. The monoisotopic (exact) mass is 820 g/mol. The fourth-order valence-corrected chi connectivity index (χ4v) is 11.0. The molecule has 0 unspecified atom stereocenters. The smallest absolute Gasteiger partial charge is 0.167 e. The Balaban J connectivity index is 0.996. The van der Waals surface area contributed by atoms with Gasteiger partial charge in [-0.05, 0) is 99.0 Å². The van der Waals surface area contributed by atoms with E-state index < -0.39 is 0 Å². The first kappa shape index (κ1) is 34.5. The zero-order valence-corrected chi connectivity index (χ0v) is 34.4. The number of benzene rings is 10. The van der Waals surface area contributed by atoms with Crippen LogP contribution in [0.1, 0.15) is 0 Å². The Morgan fingerprint density at radius 3 is 1.94 bits per heavy atom. The molecule has 0 saturated heterocycles. The number of hydrogen-bond donors (Lipinski definition) is 0. The van der Waals surface area contributed by atoms with E-state index in [1.54, 1.807) is 11.3 Å². The highest BCUT2D eigenvalue weighted by Crippen LogP contribution is 2.42. The van der Waals surface area contributed by atoms with Crippen molar-refractivity contribution in [3.05, 3.63) is 194 Å². The van der Waals surface area contributed by atoms with Crippen molar-refractivity contribution >= 4 is 108 Å². The first-order chi connectivity index (χ1) is 31.2. The number of nitrogens with zero attached hydrogens (tertiary/aromatic N) is 4. The van der Waals surface area contributed by atoms with Gasteiger partial charge in [0.2, 0.25) is 0 Å². The Morgan fingerprint density at radius 1 is 0.381 bits per heavy atom. The lowest BCUT2D eigenvalue weighted by molar-refractivity contribution is 0.670. The van der Waals surface area contributed by atoms with Crippen LogP contribution < -0.4 is 0 Å². The average Bonchev–Trinajstić information content (AvgIpc) is 4.02. The molecule has 14 rings (SSSR count). The molecule has 0 aliphatic heterocycles. The number of fused-ring (bicyclic) bond motifs is 13. The van der Waals surface area contributed by atoms with Crippen molar-refractivity contribution in [2.24, 2.45) is 0 Å². The van der Waals surface area contributed by atoms with E-state index in [2.05, 4.69) is 199 Å². The molecule has 6 heteroatoms. The molecule has 0 atom stereocenters. The van der Waals surface area contributed by atoms with Crippen molar-refractivity contribution in [1.29, 1.82) is 0 Å². The van der Waals surface area contributed by atoms with E-state index in [4.69, 9.17) is 19.4 Å². The van der Waals surface area contributed by atoms with E-state index in [1.165, 1.54) is 52.8 Å². The molecule has 0 amide bonds. The highest BCUT2D eigenvalue weighted by molar-refractivity contribution is 7.25. The third kappa shape index (κ3) is 5.19. The first-order valence-corrected chi connectivity index (χ1v) is 22.0. The van der Waals surface area contributed by atoms with E-state index >= 15 is 0 Å². The van der Waals surface area contributed by atoms with Crippen molar-refractivity contribution in [2.75, 3.05) is 0 Å². The molecule has 63 heavy (non-hydrogen) atoms. The Morgan fingerprint density at radius 2 is 1.03 bits per heavy atom. The van der Waals surface area contributed by atoms with E-state index in [9.17, 15) is 0 Å². The van der Waals surface area contributed by atoms with Gasteiger partial charge < -0.3 is 8.98 Å². The Labute approximate surface area is 363 Å². The van der Waals surface area contributed by atoms with Gasteiger partial charge in [-0.1, -0.05) is 127 Å². The molecular formula is C57H32N4OS. The minimum atomic E-state index is 0.561. The third-order valence-corrected chi connectivity index (χ3v) is 14.0. The van der Waals surface area contributed by atoms with Gasteiger partial charge >= 0.3 is 0 Å². The van der Waals surface area contributed by atoms with Crippen LogP contribution >= 0.6 is 11.3 Å².